The van der Waals surface area contributed by atoms with Gasteiger partial charge in [-0.3, -0.25) is 0 Å². The van der Waals surface area contributed by atoms with Gasteiger partial charge in [-0.25, -0.2) is 19.8 Å². The van der Waals surface area contributed by atoms with Crippen LogP contribution in [0.4, 0.5) is 15.9 Å². The second-order valence-corrected chi connectivity index (χ2v) is 10.6. The van der Waals surface area contributed by atoms with Gasteiger partial charge in [-0.1, -0.05) is 23.7 Å². The molecule has 0 saturated carbocycles. The number of nitrogens with one attached hydrogen (secondary N) is 2. The lowest BCUT2D eigenvalue weighted by atomic mass is 9.94. The maximum Gasteiger partial charge on any atom is 0.142 e. The molecule has 6 rings (SSSR count). The molecule has 0 saturated heterocycles. The number of hydrogen-bond acceptors (Lipinski definition) is 9. The lowest BCUT2D eigenvalue weighted by Crippen LogP contribution is -2.45. The van der Waals surface area contributed by atoms with Gasteiger partial charge in [0.1, 0.15) is 35.1 Å². The molecule has 0 amide bonds. The molecular weight excluding hydrogens is 529 g/mol. The summed E-state index contributed by atoms with van der Waals surface area (Å²) in [6.45, 7) is 0.584. The summed E-state index contributed by atoms with van der Waals surface area (Å²) in [5.41, 5.74) is 8.28. The number of aliphatic hydroxyl groups is 2. The number of anilines is 2. The van der Waals surface area contributed by atoms with E-state index in [2.05, 4.69) is 20.7 Å². The fourth-order valence-electron chi connectivity index (χ4n) is 4.99. The van der Waals surface area contributed by atoms with Crippen molar-refractivity contribution in [1.82, 2.24) is 20.4 Å². The van der Waals surface area contributed by atoms with Crippen LogP contribution in [0, 0.1) is 5.82 Å². The average molecular weight is 554 g/mol. The number of ether oxygens (including phenoxy) is 1. The number of aromatic nitrogens is 2. The Bertz CT molecular complexity index is 1540. The zero-order valence-corrected chi connectivity index (χ0v) is 21.8. The molecule has 196 valence electrons. The molecule has 4 aromatic rings. The molecule has 1 aliphatic heterocycles. The zero-order chi connectivity index (χ0) is 26.2. The van der Waals surface area contributed by atoms with Gasteiger partial charge < -0.3 is 25.3 Å². The van der Waals surface area contributed by atoms with Crippen LogP contribution >= 0.6 is 22.9 Å². The molecule has 2 aromatic carbocycles. The van der Waals surface area contributed by atoms with E-state index >= 15 is 0 Å². The number of thiophene rings is 1. The average Bonchev–Trinajstić information content (AvgIpc) is 3.51. The standard InChI is InChI=1S/C27H25ClFN5O3S/c28-21-9-17(4-7-23(21)37-13-15-2-1-3-16(29)8-15)33-26-24-19-5-6-22-20(10-32-34(22)18(11-35)12-36)25(19)38-27(24)31-14-30-26/h1-4,7-9,14,18,32,35-36H,5-6,10-13H2,(H,30,31,33). The normalized spacial score (nSPS) is 14.8. The summed E-state index contributed by atoms with van der Waals surface area (Å²) in [7, 11) is 0. The van der Waals surface area contributed by atoms with Crippen LogP contribution in [0.25, 0.3) is 15.8 Å². The Morgan fingerprint density at radius 2 is 2.03 bits per heavy atom. The topological polar surface area (TPSA) is 103 Å². The molecule has 0 fully saturated rings. The minimum atomic E-state index is -0.374. The van der Waals surface area contributed by atoms with Crippen molar-refractivity contribution >= 4 is 50.2 Å². The first-order chi connectivity index (χ1) is 18.6. The van der Waals surface area contributed by atoms with Crippen LogP contribution in [0.5, 0.6) is 5.75 Å². The smallest absolute Gasteiger partial charge is 0.142 e. The third-order valence-electron chi connectivity index (χ3n) is 6.80. The Morgan fingerprint density at radius 3 is 2.82 bits per heavy atom. The third-order valence-corrected chi connectivity index (χ3v) is 8.30. The van der Waals surface area contributed by atoms with Gasteiger partial charge >= 0.3 is 0 Å². The molecule has 0 spiro atoms. The fourth-order valence-corrected chi connectivity index (χ4v) is 6.48. The van der Waals surface area contributed by atoms with Crippen molar-refractivity contribution in [3.63, 3.8) is 0 Å². The molecule has 1 aliphatic carbocycles. The van der Waals surface area contributed by atoms with Crippen molar-refractivity contribution in [2.24, 2.45) is 0 Å². The summed E-state index contributed by atoms with van der Waals surface area (Å²) in [6, 6.07) is 11.3. The van der Waals surface area contributed by atoms with E-state index in [9.17, 15) is 14.6 Å². The van der Waals surface area contributed by atoms with Gasteiger partial charge in [-0.05, 0) is 54.3 Å². The van der Waals surface area contributed by atoms with Crippen molar-refractivity contribution in [3.05, 3.63) is 81.3 Å². The monoisotopic (exact) mass is 553 g/mol. The molecule has 0 bridgehead atoms. The highest BCUT2D eigenvalue weighted by molar-refractivity contribution is 7.20. The minimum Gasteiger partial charge on any atom is -0.487 e. The van der Waals surface area contributed by atoms with Gasteiger partial charge in [0.15, 0.2) is 0 Å². The molecule has 2 aromatic heterocycles. The fraction of sp³-hybridized carbons (Fsp3) is 0.259. The number of halogens is 2. The summed E-state index contributed by atoms with van der Waals surface area (Å²) in [4.78, 5) is 11.1. The Hall–Kier alpha value is -3.28. The van der Waals surface area contributed by atoms with Crippen molar-refractivity contribution in [2.45, 2.75) is 25.5 Å². The van der Waals surface area contributed by atoms with E-state index in [1.54, 1.807) is 41.9 Å². The van der Waals surface area contributed by atoms with E-state index in [4.69, 9.17) is 16.3 Å². The molecule has 38 heavy (non-hydrogen) atoms. The van der Waals surface area contributed by atoms with Crippen LogP contribution in [-0.4, -0.2) is 51.0 Å². The SMILES string of the molecule is OCC(CO)N1NCC2=C1CCc1c2sc2ncnc(Nc3ccc(OCc4cccc(F)c4)c(Cl)c3)c12. The third kappa shape index (κ3) is 4.59. The molecule has 8 nitrogen and oxygen atoms in total. The van der Waals surface area contributed by atoms with Gasteiger partial charge in [0.2, 0.25) is 0 Å². The largest absolute Gasteiger partial charge is 0.487 e. The van der Waals surface area contributed by atoms with E-state index in [-0.39, 0.29) is 31.7 Å². The highest BCUT2D eigenvalue weighted by Gasteiger charge is 2.34. The van der Waals surface area contributed by atoms with Gasteiger partial charge in [-0.15, -0.1) is 11.3 Å². The highest BCUT2D eigenvalue weighted by atomic mass is 35.5. The van der Waals surface area contributed by atoms with Gasteiger partial charge in [0, 0.05) is 28.4 Å². The number of benzene rings is 2. The number of aryl methyl sites for hydroxylation is 1. The first-order valence-corrected chi connectivity index (χ1v) is 13.4. The van der Waals surface area contributed by atoms with Crippen LogP contribution in [0.3, 0.4) is 0 Å². The van der Waals surface area contributed by atoms with Crippen molar-refractivity contribution in [3.8, 4) is 5.75 Å². The van der Waals surface area contributed by atoms with Crippen LogP contribution in [-0.2, 0) is 13.0 Å². The van der Waals surface area contributed by atoms with Crippen molar-refractivity contribution in [2.75, 3.05) is 25.1 Å². The number of nitrogens with zero attached hydrogens (tertiary/aromatic N) is 3. The van der Waals surface area contributed by atoms with Gasteiger partial charge in [0.25, 0.3) is 0 Å². The lowest BCUT2D eigenvalue weighted by molar-refractivity contribution is 0.0725. The predicted molar refractivity (Wildman–Crippen MR) is 146 cm³/mol. The number of rotatable bonds is 8. The molecule has 3 heterocycles. The second kappa shape index (κ2) is 10.5. The number of hydrogen-bond donors (Lipinski definition) is 4. The highest BCUT2D eigenvalue weighted by Crippen LogP contribution is 2.45. The Labute approximate surface area is 227 Å². The summed E-state index contributed by atoms with van der Waals surface area (Å²) < 4.78 is 19.2. The first kappa shape index (κ1) is 25.0. The second-order valence-electron chi connectivity index (χ2n) is 9.15. The first-order valence-electron chi connectivity index (χ1n) is 12.2. The van der Waals surface area contributed by atoms with E-state index in [0.717, 1.165) is 44.9 Å². The Kier molecular flexibility index (Phi) is 6.89. The maximum absolute atomic E-state index is 13.4. The van der Waals surface area contributed by atoms with Crippen LogP contribution < -0.4 is 15.5 Å². The lowest BCUT2D eigenvalue weighted by Gasteiger charge is -2.30. The van der Waals surface area contributed by atoms with Crippen LogP contribution in [0.15, 0.2) is 54.5 Å². The predicted octanol–water partition coefficient (Wildman–Crippen LogP) is 4.64. The molecule has 0 atom stereocenters. The summed E-state index contributed by atoms with van der Waals surface area (Å²) in [6.07, 6.45) is 3.13. The summed E-state index contributed by atoms with van der Waals surface area (Å²) in [5.74, 6) is 0.897. The zero-order valence-electron chi connectivity index (χ0n) is 20.2. The summed E-state index contributed by atoms with van der Waals surface area (Å²) in [5, 5.41) is 26.1. The van der Waals surface area contributed by atoms with Gasteiger partial charge in [-0.2, -0.15) is 0 Å². The molecule has 0 unspecified atom stereocenters. The number of aliphatic hydroxyl groups excluding tert-OH is 2. The molecular formula is C27H25ClFN5O3S. The summed E-state index contributed by atoms with van der Waals surface area (Å²) >= 11 is 8.13. The number of hydrazine groups is 1. The van der Waals surface area contributed by atoms with Crippen molar-refractivity contribution < 1.29 is 19.3 Å². The van der Waals surface area contributed by atoms with E-state index < -0.39 is 0 Å². The number of allylic oxidation sites excluding steroid dienone is 1. The molecule has 4 N–H and O–H groups in total. The Balaban J connectivity index is 1.26. The molecule has 2 aliphatic rings. The van der Waals surface area contributed by atoms with Crippen molar-refractivity contribution in [1.29, 1.82) is 0 Å². The molecule has 11 heteroatoms. The van der Waals surface area contributed by atoms with E-state index in [0.29, 0.717) is 23.1 Å². The maximum atomic E-state index is 13.4. The Morgan fingerprint density at radius 1 is 1.16 bits per heavy atom. The van der Waals surface area contributed by atoms with Crippen LogP contribution in [0.1, 0.15) is 22.4 Å². The van der Waals surface area contributed by atoms with E-state index in [1.807, 2.05) is 11.1 Å². The quantitative estimate of drug-likeness (QED) is 0.250. The minimum absolute atomic E-state index is 0.129. The van der Waals surface area contributed by atoms with Crippen LogP contribution in [0.2, 0.25) is 5.02 Å². The van der Waals surface area contributed by atoms with Gasteiger partial charge in [0.05, 0.1) is 29.7 Å². The van der Waals surface area contributed by atoms with E-state index in [1.165, 1.54) is 23.3 Å². The number of fused-ring (bicyclic) bond motifs is 4. The molecule has 0 radical (unpaired) electrons.